The van der Waals surface area contributed by atoms with Crippen molar-refractivity contribution >= 4 is 5.97 Å². The zero-order chi connectivity index (χ0) is 12.7. The molecule has 0 bridgehead atoms. The van der Waals surface area contributed by atoms with Crippen molar-refractivity contribution in [2.45, 2.75) is 70.8 Å². The van der Waals surface area contributed by atoms with E-state index in [2.05, 4.69) is 6.92 Å². The molecule has 0 heterocycles. The molecule has 0 amide bonds. The smallest absolute Gasteiger partial charge is 0.305 e. The predicted octanol–water partition coefficient (Wildman–Crippen LogP) is 3.05. The molecule has 1 aliphatic carbocycles. The standard InChI is InChI=1S/C14H26O3/c1-3-5-12-6-9-14(16,10-7-12)11-8-13(15)17-4-2/h12,16H,3-11H2,1-2H3. The first-order valence-electron chi connectivity index (χ1n) is 6.97. The first-order chi connectivity index (χ1) is 8.09. The largest absolute Gasteiger partial charge is 0.466 e. The third-order valence-corrected chi connectivity index (χ3v) is 3.83. The fourth-order valence-electron chi connectivity index (χ4n) is 2.73. The maximum absolute atomic E-state index is 11.3. The van der Waals surface area contributed by atoms with Gasteiger partial charge in [-0.2, -0.15) is 0 Å². The van der Waals surface area contributed by atoms with Crippen molar-refractivity contribution in [3.63, 3.8) is 0 Å². The molecule has 1 aliphatic rings. The van der Waals surface area contributed by atoms with Crippen LogP contribution in [0, 0.1) is 5.92 Å². The molecule has 1 rings (SSSR count). The van der Waals surface area contributed by atoms with E-state index in [1.807, 2.05) is 6.92 Å². The number of hydrogen-bond donors (Lipinski definition) is 1. The van der Waals surface area contributed by atoms with Crippen LogP contribution in [0.3, 0.4) is 0 Å². The topological polar surface area (TPSA) is 46.5 Å². The summed E-state index contributed by atoms with van der Waals surface area (Å²) in [5, 5.41) is 10.4. The van der Waals surface area contributed by atoms with Gasteiger partial charge in [-0.05, 0) is 44.9 Å². The Balaban J connectivity index is 2.27. The summed E-state index contributed by atoms with van der Waals surface area (Å²) in [5.74, 6) is 0.597. The maximum atomic E-state index is 11.3. The van der Waals surface area contributed by atoms with Gasteiger partial charge in [-0.3, -0.25) is 4.79 Å². The first-order valence-corrected chi connectivity index (χ1v) is 6.97. The first kappa shape index (κ1) is 14.5. The molecule has 0 aromatic heterocycles. The molecule has 0 spiro atoms. The van der Waals surface area contributed by atoms with E-state index in [-0.39, 0.29) is 5.97 Å². The highest BCUT2D eigenvalue weighted by atomic mass is 16.5. The molecule has 0 unspecified atom stereocenters. The molecular formula is C14H26O3. The van der Waals surface area contributed by atoms with Gasteiger partial charge >= 0.3 is 5.97 Å². The number of hydrogen-bond acceptors (Lipinski definition) is 3. The van der Waals surface area contributed by atoms with Gasteiger partial charge in [0.1, 0.15) is 0 Å². The fraction of sp³-hybridized carbons (Fsp3) is 0.929. The zero-order valence-electron chi connectivity index (χ0n) is 11.2. The minimum atomic E-state index is -0.614. The van der Waals surface area contributed by atoms with Crippen LogP contribution in [0.15, 0.2) is 0 Å². The molecule has 0 saturated heterocycles. The molecule has 0 aromatic rings. The van der Waals surface area contributed by atoms with E-state index in [4.69, 9.17) is 4.74 Å². The number of rotatable bonds is 6. The van der Waals surface area contributed by atoms with Crippen molar-refractivity contribution in [1.29, 1.82) is 0 Å². The molecular weight excluding hydrogens is 216 g/mol. The Morgan fingerprint density at radius 2 is 2.00 bits per heavy atom. The van der Waals surface area contributed by atoms with Gasteiger partial charge in [-0.25, -0.2) is 0 Å². The molecule has 0 aromatic carbocycles. The van der Waals surface area contributed by atoms with E-state index in [0.717, 1.165) is 31.6 Å². The van der Waals surface area contributed by atoms with Crippen LogP contribution in [0.25, 0.3) is 0 Å². The van der Waals surface area contributed by atoms with Crippen molar-refractivity contribution in [2.24, 2.45) is 5.92 Å². The SMILES string of the molecule is CCCC1CCC(O)(CCC(=O)OCC)CC1. The lowest BCUT2D eigenvalue weighted by molar-refractivity contribution is -0.145. The highest BCUT2D eigenvalue weighted by Crippen LogP contribution is 2.36. The quantitative estimate of drug-likeness (QED) is 0.728. The minimum Gasteiger partial charge on any atom is -0.466 e. The average Bonchev–Trinajstić information content (AvgIpc) is 2.31. The van der Waals surface area contributed by atoms with Crippen molar-refractivity contribution < 1.29 is 14.6 Å². The summed E-state index contributed by atoms with van der Waals surface area (Å²) >= 11 is 0. The van der Waals surface area contributed by atoms with E-state index < -0.39 is 5.60 Å². The van der Waals surface area contributed by atoms with Gasteiger partial charge in [-0.1, -0.05) is 19.8 Å². The van der Waals surface area contributed by atoms with Crippen molar-refractivity contribution in [1.82, 2.24) is 0 Å². The molecule has 100 valence electrons. The molecule has 3 heteroatoms. The summed E-state index contributed by atoms with van der Waals surface area (Å²) < 4.78 is 4.89. The van der Waals surface area contributed by atoms with Crippen LogP contribution in [0.5, 0.6) is 0 Å². The highest BCUT2D eigenvalue weighted by Gasteiger charge is 2.33. The summed E-state index contributed by atoms with van der Waals surface area (Å²) in [4.78, 5) is 11.3. The summed E-state index contributed by atoms with van der Waals surface area (Å²) in [6, 6.07) is 0. The second kappa shape index (κ2) is 7.00. The molecule has 0 atom stereocenters. The van der Waals surface area contributed by atoms with Gasteiger partial charge in [0.15, 0.2) is 0 Å². The number of carbonyl (C=O) groups excluding carboxylic acids is 1. The Labute approximate surface area is 105 Å². The van der Waals surface area contributed by atoms with E-state index in [0.29, 0.717) is 19.4 Å². The zero-order valence-corrected chi connectivity index (χ0v) is 11.2. The monoisotopic (exact) mass is 242 g/mol. The van der Waals surface area contributed by atoms with Gasteiger partial charge in [-0.15, -0.1) is 0 Å². The van der Waals surface area contributed by atoms with Crippen LogP contribution in [-0.2, 0) is 9.53 Å². The minimum absolute atomic E-state index is 0.184. The third-order valence-electron chi connectivity index (χ3n) is 3.83. The van der Waals surface area contributed by atoms with Crippen LogP contribution in [0.2, 0.25) is 0 Å². The Morgan fingerprint density at radius 1 is 1.35 bits per heavy atom. The van der Waals surface area contributed by atoms with Gasteiger partial charge in [0, 0.05) is 6.42 Å². The fourth-order valence-corrected chi connectivity index (χ4v) is 2.73. The Hall–Kier alpha value is -0.570. The van der Waals surface area contributed by atoms with E-state index in [9.17, 15) is 9.90 Å². The molecule has 17 heavy (non-hydrogen) atoms. The summed E-state index contributed by atoms with van der Waals surface area (Å²) in [5.41, 5.74) is -0.614. The normalized spacial score (nSPS) is 29.0. The number of esters is 1. The maximum Gasteiger partial charge on any atom is 0.305 e. The molecule has 1 N–H and O–H groups in total. The summed E-state index contributed by atoms with van der Waals surface area (Å²) in [7, 11) is 0. The molecule has 1 saturated carbocycles. The number of aliphatic hydroxyl groups is 1. The molecule has 1 fully saturated rings. The van der Waals surface area contributed by atoms with Gasteiger partial charge in [0.25, 0.3) is 0 Å². The predicted molar refractivity (Wildman–Crippen MR) is 67.7 cm³/mol. The molecule has 0 radical (unpaired) electrons. The van der Waals surface area contributed by atoms with Crippen LogP contribution in [0.4, 0.5) is 0 Å². The Bertz CT molecular complexity index is 230. The van der Waals surface area contributed by atoms with Crippen molar-refractivity contribution in [2.75, 3.05) is 6.61 Å². The summed E-state index contributed by atoms with van der Waals surface area (Å²) in [6.07, 6.45) is 7.31. The average molecular weight is 242 g/mol. The number of carbonyl (C=O) groups is 1. The Kier molecular flexibility index (Phi) is 5.96. The van der Waals surface area contributed by atoms with Crippen LogP contribution >= 0.6 is 0 Å². The van der Waals surface area contributed by atoms with Gasteiger partial charge < -0.3 is 9.84 Å². The van der Waals surface area contributed by atoms with Gasteiger partial charge in [0.2, 0.25) is 0 Å². The van der Waals surface area contributed by atoms with Crippen LogP contribution in [-0.4, -0.2) is 23.3 Å². The van der Waals surface area contributed by atoms with E-state index in [1.165, 1.54) is 12.8 Å². The molecule has 0 aliphatic heterocycles. The number of ether oxygens (including phenoxy) is 1. The van der Waals surface area contributed by atoms with Gasteiger partial charge in [0.05, 0.1) is 12.2 Å². The third kappa shape index (κ3) is 5.07. The Morgan fingerprint density at radius 3 is 2.53 bits per heavy atom. The highest BCUT2D eigenvalue weighted by molar-refractivity contribution is 5.69. The lowest BCUT2D eigenvalue weighted by Crippen LogP contribution is -2.34. The lowest BCUT2D eigenvalue weighted by Gasteiger charge is -2.36. The van der Waals surface area contributed by atoms with E-state index in [1.54, 1.807) is 0 Å². The van der Waals surface area contributed by atoms with E-state index >= 15 is 0 Å². The van der Waals surface area contributed by atoms with Crippen molar-refractivity contribution in [3.05, 3.63) is 0 Å². The summed E-state index contributed by atoms with van der Waals surface area (Å²) in [6.45, 7) is 4.44. The molecule has 3 nitrogen and oxygen atoms in total. The van der Waals surface area contributed by atoms with Crippen molar-refractivity contribution in [3.8, 4) is 0 Å². The second-order valence-electron chi connectivity index (χ2n) is 5.26. The van der Waals surface area contributed by atoms with Crippen LogP contribution in [0.1, 0.15) is 65.2 Å². The lowest BCUT2D eigenvalue weighted by atomic mass is 9.75. The second-order valence-corrected chi connectivity index (χ2v) is 5.26. The van der Waals surface area contributed by atoms with Crippen LogP contribution < -0.4 is 0 Å².